The first-order valence-corrected chi connectivity index (χ1v) is 8.80. The summed E-state index contributed by atoms with van der Waals surface area (Å²) in [5.41, 5.74) is 1.63. The van der Waals surface area contributed by atoms with Gasteiger partial charge in [0, 0.05) is 11.6 Å². The van der Waals surface area contributed by atoms with E-state index >= 15 is 0 Å². The zero-order valence-corrected chi connectivity index (χ0v) is 15.9. The highest BCUT2D eigenvalue weighted by molar-refractivity contribution is 5.90. The van der Waals surface area contributed by atoms with E-state index in [1.807, 2.05) is 0 Å². The van der Waals surface area contributed by atoms with E-state index in [0.29, 0.717) is 24.4 Å². The third-order valence-corrected chi connectivity index (χ3v) is 3.61. The minimum Gasteiger partial charge on any atom is -0.466 e. The number of methoxy groups -OCH3 is 1. The lowest BCUT2D eigenvalue weighted by Crippen LogP contribution is -2.07. The third kappa shape index (κ3) is 9.39. The van der Waals surface area contributed by atoms with Gasteiger partial charge in [0.15, 0.2) is 0 Å². The Morgan fingerprint density at radius 3 is 2.11 bits per heavy atom. The normalized spacial score (nSPS) is 10.4. The summed E-state index contributed by atoms with van der Waals surface area (Å²) in [6, 6.07) is 6.75. The van der Waals surface area contributed by atoms with Crippen LogP contribution in [0.5, 0.6) is 0 Å². The number of esters is 3. The largest absolute Gasteiger partial charge is 0.466 e. The van der Waals surface area contributed by atoms with Gasteiger partial charge in [0.1, 0.15) is 0 Å². The molecule has 146 valence electrons. The van der Waals surface area contributed by atoms with Crippen molar-refractivity contribution in [2.45, 2.75) is 32.6 Å². The highest BCUT2D eigenvalue weighted by Gasteiger charge is 2.06. The Hall–Kier alpha value is -2.89. The van der Waals surface area contributed by atoms with Gasteiger partial charge in [0.05, 0.1) is 25.9 Å². The maximum Gasteiger partial charge on any atom is 0.338 e. The van der Waals surface area contributed by atoms with Crippen molar-refractivity contribution < 1.29 is 28.6 Å². The molecule has 0 saturated heterocycles. The first kappa shape index (κ1) is 22.2. The molecular weight excluding hydrogens is 348 g/mol. The molecule has 0 atom stereocenters. The summed E-state index contributed by atoms with van der Waals surface area (Å²) in [7, 11) is 1.31. The molecule has 0 fully saturated rings. The fourth-order valence-corrected chi connectivity index (χ4v) is 2.06. The minimum absolute atomic E-state index is 0.342. The highest BCUT2D eigenvalue weighted by Crippen LogP contribution is 2.09. The Balaban J connectivity index is 2.19. The Morgan fingerprint density at radius 1 is 0.963 bits per heavy atom. The van der Waals surface area contributed by atoms with Gasteiger partial charge in [0.2, 0.25) is 0 Å². The number of rotatable bonds is 11. The van der Waals surface area contributed by atoms with E-state index < -0.39 is 5.97 Å². The predicted octanol–water partition coefficient (Wildman–Crippen LogP) is 3.71. The summed E-state index contributed by atoms with van der Waals surface area (Å²) in [5, 5.41) is 0. The lowest BCUT2D eigenvalue weighted by Gasteiger charge is -2.06. The zero-order valence-electron chi connectivity index (χ0n) is 15.9. The Kier molecular flexibility index (Phi) is 10.2. The van der Waals surface area contributed by atoms with E-state index in [9.17, 15) is 14.4 Å². The van der Waals surface area contributed by atoms with Crippen molar-refractivity contribution in [1.82, 2.24) is 0 Å². The quantitative estimate of drug-likeness (QED) is 0.254. The van der Waals surface area contributed by atoms with Gasteiger partial charge in [0.25, 0.3) is 0 Å². The molecule has 1 rings (SSSR count). The number of carbonyl (C=O) groups excluding carboxylic acids is 3. The van der Waals surface area contributed by atoms with Crippen LogP contribution in [0.3, 0.4) is 0 Å². The van der Waals surface area contributed by atoms with Crippen LogP contribution in [-0.4, -0.2) is 38.2 Å². The average Bonchev–Trinajstić information content (AvgIpc) is 2.67. The topological polar surface area (TPSA) is 78.9 Å². The number of ether oxygens (including phenoxy) is 3. The van der Waals surface area contributed by atoms with E-state index in [-0.39, 0.29) is 11.9 Å². The molecule has 0 aliphatic carbocycles. The van der Waals surface area contributed by atoms with Crippen LogP contribution in [0.15, 0.2) is 42.5 Å². The second kappa shape index (κ2) is 12.5. The summed E-state index contributed by atoms with van der Waals surface area (Å²) >= 11 is 0. The van der Waals surface area contributed by atoms with Gasteiger partial charge in [-0.3, -0.25) is 0 Å². The van der Waals surface area contributed by atoms with E-state index in [4.69, 9.17) is 9.47 Å². The summed E-state index contributed by atoms with van der Waals surface area (Å²) in [6.07, 6.45) is 6.21. The minimum atomic E-state index is -0.438. The van der Waals surface area contributed by atoms with Crippen LogP contribution >= 0.6 is 0 Å². The molecule has 0 spiro atoms. The average molecular weight is 374 g/mol. The molecule has 0 aliphatic heterocycles. The molecule has 0 unspecified atom stereocenters. The van der Waals surface area contributed by atoms with Gasteiger partial charge < -0.3 is 14.2 Å². The Morgan fingerprint density at radius 2 is 1.56 bits per heavy atom. The molecule has 6 nitrogen and oxygen atoms in total. The summed E-state index contributed by atoms with van der Waals surface area (Å²) in [4.78, 5) is 34.2. The molecule has 1 aromatic rings. The fourth-order valence-electron chi connectivity index (χ4n) is 2.06. The Bertz CT molecular complexity index is 672. The van der Waals surface area contributed by atoms with Crippen LogP contribution in [0.4, 0.5) is 0 Å². The second-order valence-electron chi connectivity index (χ2n) is 5.94. The molecule has 0 bridgehead atoms. The molecule has 0 N–H and O–H groups in total. The maximum absolute atomic E-state index is 12.0. The number of hydrogen-bond donors (Lipinski definition) is 0. The highest BCUT2D eigenvalue weighted by atomic mass is 16.5. The van der Waals surface area contributed by atoms with Crippen molar-refractivity contribution in [3.8, 4) is 0 Å². The fraction of sp³-hybridized carbons (Fsp3) is 0.381. The van der Waals surface area contributed by atoms with Crippen LogP contribution in [0.2, 0.25) is 0 Å². The van der Waals surface area contributed by atoms with Gasteiger partial charge in [-0.25, -0.2) is 14.4 Å². The molecule has 0 amide bonds. The summed E-state index contributed by atoms with van der Waals surface area (Å²) in [5.74, 6) is -1.18. The molecule has 1 aromatic carbocycles. The van der Waals surface area contributed by atoms with Crippen molar-refractivity contribution >= 4 is 24.0 Å². The monoisotopic (exact) mass is 374 g/mol. The van der Waals surface area contributed by atoms with Crippen molar-refractivity contribution in [3.05, 3.63) is 53.6 Å². The predicted molar refractivity (Wildman–Crippen MR) is 102 cm³/mol. The number of unbranched alkanes of at least 4 members (excludes halogenated alkanes) is 3. The SMILES string of the molecule is C=C(C)C(=O)OCCCCCCOC(=O)c1ccc(/C=C/C(=O)OC)cc1. The third-order valence-electron chi connectivity index (χ3n) is 3.61. The lowest BCUT2D eigenvalue weighted by molar-refractivity contribution is -0.139. The molecule has 0 heterocycles. The van der Waals surface area contributed by atoms with E-state index in [1.165, 1.54) is 13.2 Å². The molecule has 27 heavy (non-hydrogen) atoms. The number of benzene rings is 1. The summed E-state index contributed by atoms with van der Waals surface area (Å²) < 4.78 is 14.7. The number of hydrogen-bond acceptors (Lipinski definition) is 6. The van der Waals surface area contributed by atoms with Crippen LogP contribution in [0.25, 0.3) is 6.08 Å². The summed E-state index contributed by atoms with van der Waals surface area (Å²) in [6.45, 7) is 5.85. The van der Waals surface area contributed by atoms with Crippen molar-refractivity contribution in [2.24, 2.45) is 0 Å². The van der Waals surface area contributed by atoms with Gasteiger partial charge in [-0.15, -0.1) is 0 Å². The van der Waals surface area contributed by atoms with E-state index in [2.05, 4.69) is 11.3 Å². The van der Waals surface area contributed by atoms with Crippen LogP contribution in [0.1, 0.15) is 48.5 Å². The van der Waals surface area contributed by atoms with Gasteiger partial charge in [-0.05, 0) is 56.4 Å². The first-order valence-electron chi connectivity index (χ1n) is 8.80. The van der Waals surface area contributed by atoms with Crippen LogP contribution in [-0.2, 0) is 23.8 Å². The molecular formula is C21H26O6. The Labute approximate surface area is 159 Å². The van der Waals surface area contributed by atoms with E-state index in [1.54, 1.807) is 37.3 Å². The smallest absolute Gasteiger partial charge is 0.338 e. The molecule has 0 aliphatic rings. The molecule has 6 heteroatoms. The molecule has 0 saturated carbocycles. The zero-order chi connectivity index (χ0) is 20.1. The standard InChI is InChI=1S/C21H26O6/c1-16(2)20(23)26-14-6-4-5-7-15-27-21(24)18-11-8-17(9-12-18)10-13-19(22)25-3/h8-13H,1,4-7,14-15H2,2-3H3/b13-10+. The maximum atomic E-state index is 12.0. The molecule has 0 aromatic heterocycles. The van der Waals surface area contributed by atoms with Gasteiger partial charge in [-0.1, -0.05) is 18.7 Å². The van der Waals surface area contributed by atoms with Crippen molar-refractivity contribution in [3.63, 3.8) is 0 Å². The lowest BCUT2D eigenvalue weighted by atomic mass is 10.1. The second-order valence-corrected chi connectivity index (χ2v) is 5.94. The van der Waals surface area contributed by atoms with Gasteiger partial charge >= 0.3 is 17.9 Å². The van der Waals surface area contributed by atoms with Crippen molar-refractivity contribution in [1.29, 1.82) is 0 Å². The first-order chi connectivity index (χ1) is 12.9. The van der Waals surface area contributed by atoms with E-state index in [0.717, 1.165) is 31.2 Å². The number of carbonyl (C=O) groups is 3. The van der Waals surface area contributed by atoms with Gasteiger partial charge in [-0.2, -0.15) is 0 Å². The van der Waals surface area contributed by atoms with Crippen molar-refractivity contribution in [2.75, 3.05) is 20.3 Å². The molecule has 0 radical (unpaired) electrons. The van der Waals surface area contributed by atoms with Crippen LogP contribution < -0.4 is 0 Å². The van der Waals surface area contributed by atoms with Crippen LogP contribution in [0, 0.1) is 0 Å².